The van der Waals surface area contributed by atoms with Crippen molar-refractivity contribution in [3.8, 4) is 0 Å². The average molecular weight is 387 g/mol. The molecular weight excluding hydrogens is 360 g/mol. The third-order valence-corrected chi connectivity index (χ3v) is 6.50. The molecule has 1 aliphatic heterocycles. The van der Waals surface area contributed by atoms with Crippen molar-refractivity contribution in [1.82, 2.24) is 4.72 Å². The quantitative estimate of drug-likeness (QED) is 0.793. The van der Waals surface area contributed by atoms with E-state index in [1.807, 2.05) is 44.2 Å². The molecule has 0 aromatic heterocycles. The molecular formula is C21H26N2O3S. The number of aryl methyl sites for hydroxylation is 2. The van der Waals surface area contributed by atoms with Crippen molar-refractivity contribution in [2.75, 3.05) is 11.4 Å². The van der Waals surface area contributed by atoms with Gasteiger partial charge in [-0.2, -0.15) is 0 Å². The minimum atomic E-state index is -3.59. The molecule has 0 radical (unpaired) electrons. The molecule has 1 saturated heterocycles. The second-order valence-corrected chi connectivity index (χ2v) is 8.86. The van der Waals surface area contributed by atoms with Crippen LogP contribution >= 0.6 is 0 Å². The van der Waals surface area contributed by atoms with Crippen LogP contribution in [0.1, 0.15) is 37.3 Å². The van der Waals surface area contributed by atoms with E-state index in [2.05, 4.69) is 4.72 Å². The third-order valence-electron chi connectivity index (χ3n) is 4.91. The van der Waals surface area contributed by atoms with Crippen LogP contribution in [0, 0.1) is 6.92 Å². The summed E-state index contributed by atoms with van der Waals surface area (Å²) in [5.41, 5.74) is 2.79. The highest BCUT2D eigenvalue weighted by atomic mass is 32.2. The van der Waals surface area contributed by atoms with Crippen LogP contribution in [0.4, 0.5) is 5.69 Å². The lowest BCUT2D eigenvalue weighted by Gasteiger charge is -2.20. The lowest BCUT2D eigenvalue weighted by molar-refractivity contribution is -0.117. The molecule has 1 fully saturated rings. The van der Waals surface area contributed by atoms with Crippen LogP contribution < -0.4 is 9.62 Å². The highest BCUT2D eigenvalue weighted by molar-refractivity contribution is 7.89. The van der Waals surface area contributed by atoms with E-state index < -0.39 is 10.0 Å². The zero-order valence-electron chi connectivity index (χ0n) is 15.8. The predicted octanol–water partition coefficient (Wildman–Crippen LogP) is 3.42. The summed E-state index contributed by atoms with van der Waals surface area (Å²) in [5, 5.41) is 0. The Morgan fingerprint density at radius 1 is 1.15 bits per heavy atom. The van der Waals surface area contributed by atoms with E-state index in [1.54, 1.807) is 23.1 Å². The molecule has 2 aromatic carbocycles. The van der Waals surface area contributed by atoms with Crippen LogP contribution in [0.15, 0.2) is 53.4 Å². The standard InChI is InChI=1S/C21H26N2O3S/c1-16-15-19(12-13-20(16)23-14-6-9-21(23)24)27(25,26)22-17(2)10-11-18-7-4-3-5-8-18/h3-5,7-8,12-13,15,17,22H,6,9-11,14H2,1-2H3/t17-/m1/s1. The summed E-state index contributed by atoms with van der Waals surface area (Å²) in [6.45, 7) is 4.42. The number of rotatable bonds is 7. The van der Waals surface area contributed by atoms with Crippen molar-refractivity contribution in [3.05, 3.63) is 59.7 Å². The van der Waals surface area contributed by atoms with E-state index >= 15 is 0 Å². The molecule has 5 nitrogen and oxygen atoms in total. The fourth-order valence-corrected chi connectivity index (χ4v) is 4.78. The van der Waals surface area contributed by atoms with Gasteiger partial charge in [-0.25, -0.2) is 13.1 Å². The number of carbonyl (C=O) groups excluding carboxylic acids is 1. The number of benzene rings is 2. The van der Waals surface area contributed by atoms with Crippen molar-refractivity contribution in [1.29, 1.82) is 0 Å². The summed E-state index contributed by atoms with van der Waals surface area (Å²) >= 11 is 0. The summed E-state index contributed by atoms with van der Waals surface area (Å²) < 4.78 is 28.2. The molecule has 3 rings (SSSR count). The summed E-state index contributed by atoms with van der Waals surface area (Å²) in [7, 11) is -3.59. The maximum absolute atomic E-state index is 12.7. The zero-order valence-corrected chi connectivity index (χ0v) is 16.6. The molecule has 1 amide bonds. The molecule has 27 heavy (non-hydrogen) atoms. The number of nitrogens with zero attached hydrogens (tertiary/aromatic N) is 1. The molecule has 0 saturated carbocycles. The SMILES string of the molecule is Cc1cc(S(=O)(=O)N[C@H](C)CCc2ccccc2)ccc1N1CCCC1=O. The van der Waals surface area contributed by atoms with Crippen molar-refractivity contribution in [2.45, 2.75) is 50.5 Å². The number of nitrogens with one attached hydrogen (secondary N) is 1. The average Bonchev–Trinajstić information content (AvgIpc) is 3.06. The number of amides is 1. The number of sulfonamides is 1. The van der Waals surface area contributed by atoms with Gasteiger partial charge in [0.15, 0.2) is 0 Å². The highest BCUT2D eigenvalue weighted by Crippen LogP contribution is 2.27. The van der Waals surface area contributed by atoms with E-state index in [0.717, 1.165) is 30.5 Å². The smallest absolute Gasteiger partial charge is 0.240 e. The molecule has 1 N–H and O–H groups in total. The Morgan fingerprint density at radius 3 is 2.52 bits per heavy atom. The summed E-state index contributed by atoms with van der Waals surface area (Å²) in [5.74, 6) is 0.0985. The summed E-state index contributed by atoms with van der Waals surface area (Å²) in [6, 6.07) is 14.8. The van der Waals surface area contributed by atoms with Crippen molar-refractivity contribution < 1.29 is 13.2 Å². The minimum Gasteiger partial charge on any atom is -0.312 e. The van der Waals surface area contributed by atoms with Gasteiger partial charge >= 0.3 is 0 Å². The normalized spacial score (nSPS) is 15.9. The fraction of sp³-hybridized carbons (Fsp3) is 0.381. The highest BCUT2D eigenvalue weighted by Gasteiger charge is 2.24. The second-order valence-electron chi connectivity index (χ2n) is 7.14. The van der Waals surface area contributed by atoms with Gasteiger partial charge in [0.25, 0.3) is 0 Å². The number of carbonyl (C=O) groups is 1. The Bertz CT molecular complexity index is 910. The second kappa shape index (κ2) is 8.23. The topological polar surface area (TPSA) is 66.5 Å². The van der Waals surface area contributed by atoms with Gasteiger partial charge in [-0.3, -0.25) is 4.79 Å². The Balaban J connectivity index is 1.67. The largest absolute Gasteiger partial charge is 0.312 e. The van der Waals surface area contributed by atoms with Gasteiger partial charge in [0.05, 0.1) is 4.90 Å². The van der Waals surface area contributed by atoms with Gasteiger partial charge in [0.2, 0.25) is 15.9 Å². The molecule has 0 unspecified atom stereocenters. The molecule has 1 heterocycles. The first-order valence-electron chi connectivity index (χ1n) is 9.34. The third kappa shape index (κ3) is 4.76. The van der Waals surface area contributed by atoms with E-state index in [0.29, 0.717) is 13.0 Å². The van der Waals surface area contributed by atoms with Crippen molar-refractivity contribution in [3.63, 3.8) is 0 Å². The van der Waals surface area contributed by atoms with Crippen LogP contribution in [0.3, 0.4) is 0 Å². The van der Waals surface area contributed by atoms with Crippen molar-refractivity contribution >= 4 is 21.6 Å². The maximum atomic E-state index is 12.7. The minimum absolute atomic E-state index is 0.0985. The molecule has 6 heteroatoms. The Hall–Kier alpha value is -2.18. The lowest BCUT2D eigenvalue weighted by Crippen LogP contribution is -2.33. The summed E-state index contributed by atoms with van der Waals surface area (Å²) in [4.78, 5) is 13.9. The first-order valence-corrected chi connectivity index (χ1v) is 10.8. The van der Waals surface area contributed by atoms with E-state index in [1.165, 1.54) is 5.56 Å². The number of anilines is 1. The van der Waals surface area contributed by atoms with E-state index in [-0.39, 0.29) is 16.8 Å². The fourth-order valence-electron chi connectivity index (χ4n) is 3.42. The molecule has 0 spiro atoms. The molecule has 0 aliphatic carbocycles. The van der Waals surface area contributed by atoms with Gasteiger partial charge in [-0.15, -0.1) is 0 Å². The first-order chi connectivity index (χ1) is 12.9. The van der Waals surface area contributed by atoms with E-state index in [9.17, 15) is 13.2 Å². The van der Waals surface area contributed by atoms with Crippen LogP contribution in [0.2, 0.25) is 0 Å². The van der Waals surface area contributed by atoms with Gasteiger partial charge in [0.1, 0.15) is 0 Å². The van der Waals surface area contributed by atoms with Gasteiger partial charge in [-0.05, 0) is 62.4 Å². The Kier molecular flexibility index (Phi) is 5.97. The predicted molar refractivity (Wildman–Crippen MR) is 107 cm³/mol. The Labute approximate surface area is 161 Å². The maximum Gasteiger partial charge on any atom is 0.240 e. The van der Waals surface area contributed by atoms with Crippen LogP contribution in [-0.4, -0.2) is 26.9 Å². The van der Waals surface area contributed by atoms with E-state index in [4.69, 9.17) is 0 Å². The number of hydrogen-bond acceptors (Lipinski definition) is 3. The van der Waals surface area contributed by atoms with Gasteiger partial charge in [-0.1, -0.05) is 30.3 Å². The molecule has 1 aliphatic rings. The van der Waals surface area contributed by atoms with Gasteiger partial charge in [0, 0.05) is 24.7 Å². The Morgan fingerprint density at radius 2 is 1.89 bits per heavy atom. The first kappa shape index (κ1) is 19.6. The van der Waals surface area contributed by atoms with Crippen LogP contribution in [0.5, 0.6) is 0 Å². The lowest BCUT2D eigenvalue weighted by atomic mass is 10.1. The molecule has 2 aromatic rings. The summed E-state index contributed by atoms with van der Waals surface area (Å²) in [6.07, 6.45) is 2.95. The van der Waals surface area contributed by atoms with Crippen molar-refractivity contribution in [2.24, 2.45) is 0 Å². The van der Waals surface area contributed by atoms with Crippen LogP contribution in [0.25, 0.3) is 0 Å². The molecule has 144 valence electrons. The monoisotopic (exact) mass is 386 g/mol. The zero-order chi connectivity index (χ0) is 19.4. The van der Waals surface area contributed by atoms with Crippen LogP contribution in [-0.2, 0) is 21.2 Å². The van der Waals surface area contributed by atoms with Gasteiger partial charge < -0.3 is 4.90 Å². The molecule has 1 atom stereocenters. The number of hydrogen-bond donors (Lipinski definition) is 1. The molecule has 0 bridgehead atoms.